The fraction of sp³-hybridized carbons (Fsp3) is 0.643. The Kier molecular flexibility index (Phi) is 4.61. The quantitative estimate of drug-likeness (QED) is 0.837. The number of aromatic hydroxyl groups is 1. The molecular formula is C14H22N2O3. The number of rotatable bonds is 5. The van der Waals surface area contributed by atoms with Crippen LogP contribution in [0.25, 0.3) is 0 Å². The highest BCUT2D eigenvalue weighted by Gasteiger charge is 2.20. The number of aromatic nitrogens is 1. The van der Waals surface area contributed by atoms with Gasteiger partial charge < -0.3 is 14.8 Å². The summed E-state index contributed by atoms with van der Waals surface area (Å²) >= 11 is 0. The lowest BCUT2D eigenvalue weighted by Gasteiger charge is -2.23. The standard InChI is InChI=1S/C14H22N2O3/c1-15(6-7-17)9-12-8-13(18)14(19)10-16(12)11-4-2-3-5-11/h8,10-11,17,19H,2-7,9H2,1H3. The number of aliphatic hydroxyl groups excluding tert-OH is 1. The zero-order chi connectivity index (χ0) is 13.8. The van der Waals surface area contributed by atoms with Gasteiger partial charge in [-0.1, -0.05) is 12.8 Å². The molecule has 1 fully saturated rings. The normalized spacial score (nSPS) is 16.4. The van der Waals surface area contributed by atoms with E-state index >= 15 is 0 Å². The predicted molar refractivity (Wildman–Crippen MR) is 73.3 cm³/mol. The molecule has 19 heavy (non-hydrogen) atoms. The van der Waals surface area contributed by atoms with Crippen LogP contribution in [0, 0.1) is 0 Å². The molecule has 5 nitrogen and oxygen atoms in total. The zero-order valence-electron chi connectivity index (χ0n) is 11.4. The fourth-order valence-electron chi connectivity index (χ4n) is 2.75. The van der Waals surface area contributed by atoms with E-state index < -0.39 is 0 Å². The lowest BCUT2D eigenvalue weighted by Crippen LogP contribution is -2.26. The maximum absolute atomic E-state index is 11.6. The van der Waals surface area contributed by atoms with Crippen LogP contribution >= 0.6 is 0 Å². The largest absolute Gasteiger partial charge is 0.503 e. The van der Waals surface area contributed by atoms with Crippen LogP contribution in [0.2, 0.25) is 0 Å². The van der Waals surface area contributed by atoms with Crippen LogP contribution in [0.1, 0.15) is 37.4 Å². The SMILES string of the molecule is CN(CCO)Cc1cc(=O)c(O)cn1C1CCCC1. The predicted octanol–water partition coefficient (Wildman–Crippen LogP) is 1.09. The summed E-state index contributed by atoms with van der Waals surface area (Å²) in [6.07, 6.45) is 6.16. The van der Waals surface area contributed by atoms with Gasteiger partial charge in [-0.2, -0.15) is 0 Å². The lowest BCUT2D eigenvalue weighted by molar-refractivity contribution is 0.213. The van der Waals surface area contributed by atoms with Crippen LogP contribution in [0.15, 0.2) is 17.1 Å². The average Bonchev–Trinajstić information content (AvgIpc) is 2.87. The van der Waals surface area contributed by atoms with Gasteiger partial charge in [0.1, 0.15) is 0 Å². The van der Waals surface area contributed by atoms with Crippen LogP contribution < -0.4 is 5.43 Å². The lowest BCUT2D eigenvalue weighted by atomic mass is 10.2. The third-order valence-electron chi connectivity index (χ3n) is 3.77. The van der Waals surface area contributed by atoms with Gasteiger partial charge in [-0.15, -0.1) is 0 Å². The highest BCUT2D eigenvalue weighted by molar-refractivity contribution is 5.21. The molecule has 1 heterocycles. The van der Waals surface area contributed by atoms with Crippen LogP contribution in [-0.2, 0) is 6.54 Å². The minimum atomic E-state index is -0.332. The van der Waals surface area contributed by atoms with Gasteiger partial charge in [0.15, 0.2) is 5.75 Å². The monoisotopic (exact) mass is 266 g/mol. The molecule has 0 amide bonds. The van der Waals surface area contributed by atoms with Gasteiger partial charge in [-0.3, -0.25) is 9.69 Å². The Morgan fingerprint density at radius 2 is 2.11 bits per heavy atom. The molecule has 106 valence electrons. The summed E-state index contributed by atoms with van der Waals surface area (Å²) in [4.78, 5) is 13.6. The molecule has 1 aliphatic rings. The van der Waals surface area contributed by atoms with E-state index in [1.54, 1.807) is 6.20 Å². The summed E-state index contributed by atoms with van der Waals surface area (Å²) < 4.78 is 2.04. The van der Waals surface area contributed by atoms with Gasteiger partial charge in [-0.25, -0.2) is 0 Å². The van der Waals surface area contributed by atoms with E-state index in [2.05, 4.69) is 0 Å². The Labute approximate surface area is 113 Å². The van der Waals surface area contributed by atoms with Crippen molar-refractivity contribution in [3.8, 4) is 5.75 Å². The third kappa shape index (κ3) is 3.36. The first-order valence-corrected chi connectivity index (χ1v) is 6.85. The number of aliphatic hydroxyl groups is 1. The summed E-state index contributed by atoms with van der Waals surface area (Å²) in [5, 5.41) is 18.6. The van der Waals surface area contributed by atoms with Gasteiger partial charge in [0.05, 0.1) is 12.8 Å². The number of hydrogen-bond acceptors (Lipinski definition) is 4. The molecule has 5 heteroatoms. The van der Waals surface area contributed by atoms with Gasteiger partial charge in [0, 0.05) is 30.9 Å². The summed E-state index contributed by atoms with van der Waals surface area (Å²) in [5.74, 6) is -0.180. The highest BCUT2D eigenvalue weighted by Crippen LogP contribution is 2.31. The molecule has 0 spiro atoms. The second kappa shape index (κ2) is 6.21. The first-order chi connectivity index (χ1) is 9.11. The van der Waals surface area contributed by atoms with E-state index in [0.717, 1.165) is 18.5 Å². The molecule has 2 rings (SSSR count). The number of pyridine rings is 1. The minimum Gasteiger partial charge on any atom is -0.503 e. The molecule has 2 N–H and O–H groups in total. The van der Waals surface area contributed by atoms with E-state index in [-0.39, 0.29) is 17.8 Å². The Morgan fingerprint density at radius 1 is 1.42 bits per heavy atom. The van der Waals surface area contributed by atoms with Crippen LogP contribution in [-0.4, -0.2) is 39.9 Å². The van der Waals surface area contributed by atoms with E-state index in [4.69, 9.17) is 5.11 Å². The van der Waals surface area contributed by atoms with Crippen molar-refractivity contribution in [3.63, 3.8) is 0 Å². The maximum Gasteiger partial charge on any atom is 0.223 e. The molecule has 1 saturated carbocycles. The van der Waals surface area contributed by atoms with E-state index in [0.29, 0.717) is 19.1 Å². The number of nitrogens with zero attached hydrogens (tertiary/aromatic N) is 2. The van der Waals surface area contributed by atoms with Crippen molar-refractivity contribution in [1.29, 1.82) is 0 Å². The molecule has 0 atom stereocenters. The Bertz CT molecular complexity index is 478. The van der Waals surface area contributed by atoms with Crippen molar-refractivity contribution in [2.75, 3.05) is 20.2 Å². The van der Waals surface area contributed by atoms with Crippen LogP contribution in [0.4, 0.5) is 0 Å². The molecule has 0 unspecified atom stereocenters. The van der Waals surface area contributed by atoms with Crippen molar-refractivity contribution >= 4 is 0 Å². The second-order valence-corrected chi connectivity index (χ2v) is 5.32. The zero-order valence-corrected chi connectivity index (χ0v) is 11.4. The Hall–Kier alpha value is -1.33. The molecular weight excluding hydrogens is 244 g/mol. The van der Waals surface area contributed by atoms with Gasteiger partial charge in [0.25, 0.3) is 0 Å². The summed E-state index contributed by atoms with van der Waals surface area (Å²) in [5.41, 5.74) is 0.576. The fourth-order valence-corrected chi connectivity index (χ4v) is 2.75. The van der Waals surface area contributed by atoms with Crippen LogP contribution in [0.5, 0.6) is 5.75 Å². The molecule has 1 aromatic heterocycles. The van der Waals surface area contributed by atoms with Gasteiger partial charge >= 0.3 is 0 Å². The molecule has 0 bridgehead atoms. The minimum absolute atomic E-state index is 0.0994. The highest BCUT2D eigenvalue weighted by atomic mass is 16.3. The van der Waals surface area contributed by atoms with Crippen molar-refractivity contribution in [2.24, 2.45) is 0 Å². The van der Waals surface area contributed by atoms with E-state index in [1.165, 1.54) is 18.9 Å². The maximum atomic E-state index is 11.6. The third-order valence-corrected chi connectivity index (χ3v) is 3.77. The molecule has 1 aliphatic carbocycles. The Morgan fingerprint density at radius 3 is 2.74 bits per heavy atom. The summed E-state index contributed by atoms with van der Waals surface area (Å²) in [6.45, 7) is 1.27. The van der Waals surface area contributed by atoms with Gasteiger partial charge in [0.2, 0.25) is 5.43 Å². The topological polar surface area (TPSA) is 65.7 Å². The molecule has 0 aliphatic heterocycles. The van der Waals surface area contributed by atoms with E-state index in [9.17, 15) is 9.90 Å². The first-order valence-electron chi connectivity index (χ1n) is 6.85. The number of likely N-dealkylation sites (N-methyl/N-ethyl adjacent to an activating group) is 1. The van der Waals surface area contributed by atoms with Crippen LogP contribution in [0.3, 0.4) is 0 Å². The van der Waals surface area contributed by atoms with Crippen molar-refractivity contribution in [3.05, 3.63) is 28.2 Å². The molecule has 1 aromatic rings. The average molecular weight is 266 g/mol. The second-order valence-electron chi connectivity index (χ2n) is 5.32. The Balaban J connectivity index is 2.28. The first kappa shape index (κ1) is 14.1. The molecule has 0 aromatic carbocycles. The molecule has 0 saturated heterocycles. The van der Waals surface area contributed by atoms with Crippen molar-refractivity contribution < 1.29 is 10.2 Å². The van der Waals surface area contributed by atoms with E-state index in [1.807, 2.05) is 16.5 Å². The van der Waals surface area contributed by atoms with Crippen molar-refractivity contribution in [2.45, 2.75) is 38.3 Å². The van der Waals surface area contributed by atoms with Crippen molar-refractivity contribution in [1.82, 2.24) is 9.47 Å². The summed E-state index contributed by atoms with van der Waals surface area (Å²) in [6, 6.07) is 1.89. The summed E-state index contributed by atoms with van der Waals surface area (Å²) in [7, 11) is 1.91. The molecule has 0 radical (unpaired) electrons. The van der Waals surface area contributed by atoms with Gasteiger partial charge in [-0.05, 0) is 19.9 Å². The smallest absolute Gasteiger partial charge is 0.223 e. The number of hydrogen-bond donors (Lipinski definition) is 2.